The van der Waals surface area contributed by atoms with Gasteiger partial charge in [0, 0.05) is 30.4 Å². The normalized spacial score (nSPS) is 15.5. The summed E-state index contributed by atoms with van der Waals surface area (Å²) in [6.45, 7) is 1.46. The molecule has 0 unspecified atom stereocenters. The molecule has 1 saturated heterocycles. The van der Waals surface area contributed by atoms with Crippen molar-refractivity contribution < 1.29 is 27.6 Å². The summed E-state index contributed by atoms with van der Waals surface area (Å²) in [5, 5.41) is 6.99. The zero-order valence-electron chi connectivity index (χ0n) is 18.2. The van der Waals surface area contributed by atoms with Crippen molar-refractivity contribution in [2.24, 2.45) is 0 Å². The molecule has 12 heteroatoms. The van der Waals surface area contributed by atoms with Crippen molar-refractivity contribution in [3.8, 4) is 0 Å². The van der Waals surface area contributed by atoms with E-state index in [0.717, 1.165) is 22.7 Å². The summed E-state index contributed by atoms with van der Waals surface area (Å²) in [4.78, 5) is 37.1. The van der Waals surface area contributed by atoms with E-state index in [9.17, 15) is 27.6 Å². The predicted octanol–water partition coefficient (Wildman–Crippen LogP) is 4.93. The van der Waals surface area contributed by atoms with Gasteiger partial charge in [-0.05, 0) is 53.2 Å². The lowest BCUT2D eigenvalue weighted by molar-refractivity contribution is -0.138. The van der Waals surface area contributed by atoms with Crippen LogP contribution < -0.4 is 5.32 Å². The predicted molar refractivity (Wildman–Crippen MR) is 127 cm³/mol. The lowest BCUT2D eigenvalue weighted by atomic mass is 10.1. The number of imide groups is 1. The molecule has 182 valence electrons. The molecule has 4 rings (SSSR count). The highest BCUT2D eigenvalue weighted by molar-refractivity contribution is 8.18. The molecule has 0 aliphatic carbocycles. The van der Waals surface area contributed by atoms with Crippen LogP contribution in [0.4, 0.5) is 18.0 Å². The van der Waals surface area contributed by atoms with E-state index in [2.05, 4.69) is 10.4 Å². The summed E-state index contributed by atoms with van der Waals surface area (Å²) in [6.07, 6.45) is -1.46. The minimum absolute atomic E-state index is 0.00410. The van der Waals surface area contributed by atoms with Gasteiger partial charge in [0.2, 0.25) is 5.91 Å². The average molecular weight is 523 g/mol. The number of nitrogens with zero attached hydrogens (tertiary/aromatic N) is 3. The Morgan fingerprint density at radius 3 is 2.69 bits per heavy atom. The van der Waals surface area contributed by atoms with Crippen molar-refractivity contribution in [1.82, 2.24) is 20.0 Å². The number of benzene rings is 2. The van der Waals surface area contributed by atoms with Gasteiger partial charge in [-0.1, -0.05) is 23.7 Å². The number of hydrogen-bond donors (Lipinski definition) is 1. The van der Waals surface area contributed by atoms with Gasteiger partial charge in [0.05, 0.1) is 28.7 Å². The molecule has 1 aliphatic rings. The highest BCUT2D eigenvalue weighted by atomic mass is 35.5. The number of carbonyl (C=O) groups excluding carboxylic acids is 3. The molecule has 2 heterocycles. The van der Waals surface area contributed by atoms with Crippen LogP contribution in [0.3, 0.4) is 0 Å². The Bertz CT molecular complexity index is 1370. The fourth-order valence-electron chi connectivity index (χ4n) is 3.62. The van der Waals surface area contributed by atoms with E-state index < -0.39 is 22.9 Å². The maximum atomic E-state index is 13.4. The molecular weight excluding hydrogens is 505 g/mol. The van der Waals surface area contributed by atoms with E-state index in [-0.39, 0.29) is 41.0 Å². The molecule has 0 bridgehead atoms. The van der Waals surface area contributed by atoms with Crippen LogP contribution in [0.15, 0.2) is 47.5 Å². The number of aromatic nitrogens is 2. The van der Waals surface area contributed by atoms with Gasteiger partial charge in [0.15, 0.2) is 0 Å². The Morgan fingerprint density at radius 1 is 1.20 bits per heavy atom. The largest absolute Gasteiger partial charge is 0.416 e. The molecule has 1 fully saturated rings. The molecule has 0 spiro atoms. The van der Waals surface area contributed by atoms with Gasteiger partial charge in [-0.2, -0.15) is 18.3 Å². The van der Waals surface area contributed by atoms with E-state index in [0.29, 0.717) is 16.5 Å². The maximum absolute atomic E-state index is 13.4. The third-order valence-electron chi connectivity index (χ3n) is 5.24. The number of nitrogens with one attached hydrogen (secondary N) is 1. The second-order valence-electron chi connectivity index (χ2n) is 7.74. The first-order valence-corrected chi connectivity index (χ1v) is 11.5. The van der Waals surface area contributed by atoms with E-state index in [4.69, 9.17) is 11.6 Å². The highest BCUT2D eigenvalue weighted by Gasteiger charge is 2.35. The number of amides is 3. The summed E-state index contributed by atoms with van der Waals surface area (Å²) < 4.78 is 41.8. The van der Waals surface area contributed by atoms with E-state index in [1.54, 1.807) is 24.3 Å². The lowest BCUT2D eigenvalue weighted by Crippen LogP contribution is -2.36. The van der Waals surface area contributed by atoms with E-state index >= 15 is 0 Å². The molecule has 2 aromatic carbocycles. The molecule has 0 atom stereocenters. The Kier molecular flexibility index (Phi) is 6.91. The zero-order valence-corrected chi connectivity index (χ0v) is 19.8. The van der Waals surface area contributed by atoms with Gasteiger partial charge in [-0.15, -0.1) is 0 Å². The first kappa shape index (κ1) is 24.8. The van der Waals surface area contributed by atoms with Crippen LogP contribution >= 0.6 is 23.4 Å². The number of halogens is 4. The number of fused-ring (bicyclic) bond motifs is 1. The maximum Gasteiger partial charge on any atom is 0.416 e. The minimum Gasteiger partial charge on any atom is -0.355 e. The summed E-state index contributed by atoms with van der Waals surface area (Å²) in [7, 11) is 0. The first-order valence-electron chi connectivity index (χ1n) is 10.3. The van der Waals surface area contributed by atoms with Crippen molar-refractivity contribution in [3.63, 3.8) is 0 Å². The average Bonchev–Trinajstić information content (AvgIpc) is 3.29. The van der Waals surface area contributed by atoms with Gasteiger partial charge in [0.25, 0.3) is 11.1 Å². The second-order valence-corrected chi connectivity index (χ2v) is 9.17. The topological polar surface area (TPSA) is 84.3 Å². The van der Waals surface area contributed by atoms with Gasteiger partial charge in [-0.25, -0.2) is 0 Å². The summed E-state index contributed by atoms with van der Waals surface area (Å²) >= 11 is 6.56. The number of hydrogen-bond acceptors (Lipinski definition) is 5. The van der Waals surface area contributed by atoms with Gasteiger partial charge < -0.3 is 5.32 Å². The van der Waals surface area contributed by atoms with Crippen LogP contribution in [0.25, 0.3) is 17.0 Å². The number of thioether (sulfide) groups is 1. The highest BCUT2D eigenvalue weighted by Crippen LogP contribution is 2.35. The summed E-state index contributed by atoms with van der Waals surface area (Å²) in [6, 6.07) is 8.74. The van der Waals surface area contributed by atoms with Crippen molar-refractivity contribution in [1.29, 1.82) is 0 Å². The fourth-order valence-corrected chi connectivity index (χ4v) is 4.66. The van der Waals surface area contributed by atoms with Crippen molar-refractivity contribution >= 4 is 57.4 Å². The Morgan fingerprint density at radius 2 is 1.97 bits per heavy atom. The molecule has 35 heavy (non-hydrogen) atoms. The van der Waals surface area contributed by atoms with E-state index in [1.165, 1.54) is 29.9 Å². The van der Waals surface area contributed by atoms with E-state index in [1.807, 2.05) is 0 Å². The second kappa shape index (κ2) is 9.74. The van der Waals surface area contributed by atoms with Crippen molar-refractivity contribution in [2.75, 3.05) is 13.1 Å². The molecule has 1 N–H and O–H groups in total. The molecule has 0 radical (unpaired) electrons. The van der Waals surface area contributed by atoms with Gasteiger partial charge in [-0.3, -0.25) is 24.0 Å². The monoisotopic (exact) mass is 522 g/mol. The molecule has 3 amide bonds. The molecule has 1 aromatic heterocycles. The zero-order chi connectivity index (χ0) is 25.3. The third-order valence-corrected chi connectivity index (χ3v) is 6.39. The first-order chi connectivity index (χ1) is 16.5. The van der Waals surface area contributed by atoms with Gasteiger partial charge >= 0.3 is 6.18 Å². The lowest BCUT2D eigenvalue weighted by Gasteiger charge is -2.14. The van der Waals surface area contributed by atoms with Crippen molar-refractivity contribution in [3.05, 3.63) is 69.2 Å². The van der Waals surface area contributed by atoms with Crippen LogP contribution in [-0.2, 0) is 22.3 Å². The van der Waals surface area contributed by atoms with Crippen LogP contribution in [0.2, 0.25) is 5.02 Å². The molecule has 3 aromatic rings. The van der Waals surface area contributed by atoms with Crippen LogP contribution in [0, 0.1) is 0 Å². The van der Waals surface area contributed by atoms with Crippen LogP contribution in [-0.4, -0.2) is 44.8 Å². The van der Waals surface area contributed by atoms with Crippen molar-refractivity contribution in [2.45, 2.75) is 19.6 Å². The quantitative estimate of drug-likeness (QED) is 0.464. The summed E-state index contributed by atoms with van der Waals surface area (Å²) in [5.74, 6) is -0.712. The smallest absolute Gasteiger partial charge is 0.355 e. The summed E-state index contributed by atoms with van der Waals surface area (Å²) in [5.41, 5.74) is 0.448. The molecular formula is C23H18ClF3N4O3S. The van der Waals surface area contributed by atoms with Crippen LogP contribution in [0.5, 0.6) is 0 Å². The number of rotatable bonds is 6. The Balaban J connectivity index is 1.55. The molecule has 7 nitrogen and oxygen atoms in total. The third kappa shape index (κ3) is 5.51. The van der Waals surface area contributed by atoms with Gasteiger partial charge in [0.1, 0.15) is 0 Å². The number of carbonyl (C=O) groups is 3. The van der Waals surface area contributed by atoms with Crippen LogP contribution in [0.1, 0.15) is 23.6 Å². The number of alkyl halides is 3. The minimum atomic E-state index is -4.55. The molecule has 1 aliphatic heterocycles. The SMILES string of the molecule is CC(=O)NCCN1C(=O)SC(=Cc2ccc3c(cnn3Cc3ccc(Cl)cc3C(F)(F)F)c2)C1=O. The fraction of sp³-hybridized carbons (Fsp3) is 0.217. The molecule has 0 saturated carbocycles. The Hall–Kier alpha value is -3.31. The Labute approximate surface area is 206 Å². The standard InChI is InChI=1S/C23H18ClF3N4O3S/c1-13(32)28-6-7-30-21(33)20(35-22(30)34)9-14-2-5-19-16(8-14)11-29-31(19)12-15-3-4-17(24)10-18(15)23(25,26)27/h2-5,8-11H,6-7,12H2,1H3,(H,28,32).